The van der Waals surface area contributed by atoms with Crippen molar-refractivity contribution in [3.63, 3.8) is 0 Å². The van der Waals surface area contributed by atoms with Crippen molar-refractivity contribution in [2.75, 3.05) is 13.6 Å². The molecule has 4 heteroatoms. The Morgan fingerprint density at radius 3 is 2.47 bits per heavy atom. The van der Waals surface area contributed by atoms with Gasteiger partial charge < -0.3 is 15.0 Å². The summed E-state index contributed by atoms with van der Waals surface area (Å²) >= 11 is 0. The average molecular weight is 214 g/mol. The number of amides is 1. The molecule has 1 heterocycles. The van der Waals surface area contributed by atoms with Gasteiger partial charge in [-0.05, 0) is 41.2 Å². The molecule has 0 aliphatic carbocycles. The summed E-state index contributed by atoms with van der Waals surface area (Å²) in [5.74, 6) is 0. The van der Waals surface area contributed by atoms with Crippen LogP contribution >= 0.6 is 0 Å². The van der Waals surface area contributed by atoms with Gasteiger partial charge in [0.2, 0.25) is 0 Å². The lowest BCUT2D eigenvalue weighted by atomic mass is 10.1. The van der Waals surface area contributed by atoms with Gasteiger partial charge in [-0.15, -0.1) is 0 Å². The second-order valence-electron chi connectivity index (χ2n) is 5.26. The molecule has 0 saturated carbocycles. The van der Waals surface area contributed by atoms with Crippen LogP contribution in [0.15, 0.2) is 0 Å². The van der Waals surface area contributed by atoms with Crippen LogP contribution in [-0.2, 0) is 4.74 Å². The number of likely N-dealkylation sites (tertiary alicyclic amines) is 1. The summed E-state index contributed by atoms with van der Waals surface area (Å²) in [6.45, 7) is 8.76. The van der Waals surface area contributed by atoms with Gasteiger partial charge in [0, 0.05) is 18.6 Å². The summed E-state index contributed by atoms with van der Waals surface area (Å²) in [5.41, 5.74) is -0.419. The van der Waals surface area contributed by atoms with E-state index in [9.17, 15) is 4.79 Å². The summed E-state index contributed by atoms with van der Waals surface area (Å²) in [5, 5.41) is 2.91. The van der Waals surface area contributed by atoms with Crippen LogP contribution in [0.25, 0.3) is 0 Å². The molecule has 1 aliphatic heterocycles. The van der Waals surface area contributed by atoms with Crippen LogP contribution in [0.5, 0.6) is 0 Å². The number of ether oxygens (including phenoxy) is 1. The quantitative estimate of drug-likeness (QED) is 0.721. The first kappa shape index (κ1) is 12.3. The summed E-state index contributed by atoms with van der Waals surface area (Å²) in [6.07, 6.45) is 0.686. The zero-order valence-electron chi connectivity index (χ0n) is 10.3. The number of hydrogen-bond donors (Lipinski definition) is 1. The lowest BCUT2D eigenvalue weighted by molar-refractivity contribution is 0.0496. The zero-order valence-corrected chi connectivity index (χ0v) is 10.3. The molecule has 0 bridgehead atoms. The van der Waals surface area contributed by atoms with Gasteiger partial charge in [0.15, 0.2) is 0 Å². The number of carbonyl (C=O) groups is 1. The molecule has 1 saturated heterocycles. The predicted molar refractivity (Wildman–Crippen MR) is 59.9 cm³/mol. The fourth-order valence-corrected chi connectivity index (χ4v) is 1.75. The van der Waals surface area contributed by atoms with Gasteiger partial charge in [0.05, 0.1) is 0 Å². The van der Waals surface area contributed by atoms with E-state index in [-0.39, 0.29) is 12.1 Å². The Kier molecular flexibility index (Phi) is 3.60. The van der Waals surface area contributed by atoms with E-state index in [0.717, 1.165) is 13.0 Å². The Balaban J connectivity index is 2.39. The van der Waals surface area contributed by atoms with Gasteiger partial charge in [-0.25, -0.2) is 4.79 Å². The Morgan fingerprint density at radius 2 is 2.07 bits per heavy atom. The minimum atomic E-state index is -0.419. The maximum Gasteiger partial charge on any atom is 0.407 e. The Bertz CT molecular complexity index is 235. The van der Waals surface area contributed by atoms with E-state index in [2.05, 4.69) is 24.2 Å². The van der Waals surface area contributed by atoms with Crippen molar-refractivity contribution in [2.24, 2.45) is 0 Å². The molecule has 0 spiro atoms. The maximum atomic E-state index is 11.5. The highest BCUT2D eigenvalue weighted by molar-refractivity contribution is 5.68. The van der Waals surface area contributed by atoms with Crippen LogP contribution in [0, 0.1) is 0 Å². The predicted octanol–water partition coefficient (Wildman–Crippen LogP) is 1.60. The first-order valence-corrected chi connectivity index (χ1v) is 5.49. The normalized spacial score (nSPS) is 27.8. The molecule has 2 atom stereocenters. The number of rotatable bonds is 1. The van der Waals surface area contributed by atoms with E-state index in [1.165, 1.54) is 0 Å². The first-order valence-electron chi connectivity index (χ1n) is 5.49. The summed E-state index contributed by atoms with van der Waals surface area (Å²) < 4.78 is 5.21. The highest BCUT2D eigenvalue weighted by Crippen LogP contribution is 2.16. The van der Waals surface area contributed by atoms with Crippen LogP contribution < -0.4 is 5.32 Å². The molecule has 1 amide bonds. The molecule has 88 valence electrons. The second kappa shape index (κ2) is 4.39. The van der Waals surface area contributed by atoms with Gasteiger partial charge in [-0.3, -0.25) is 0 Å². The van der Waals surface area contributed by atoms with E-state index >= 15 is 0 Å². The number of alkyl carbamates (subject to hydrolysis) is 1. The molecule has 15 heavy (non-hydrogen) atoms. The van der Waals surface area contributed by atoms with Crippen molar-refractivity contribution in [3.05, 3.63) is 0 Å². The molecule has 1 N–H and O–H groups in total. The number of carbonyl (C=O) groups excluding carboxylic acids is 1. The van der Waals surface area contributed by atoms with Crippen molar-refractivity contribution in [1.82, 2.24) is 10.2 Å². The van der Waals surface area contributed by atoms with E-state index in [1.54, 1.807) is 0 Å². The monoisotopic (exact) mass is 214 g/mol. The minimum Gasteiger partial charge on any atom is -0.444 e. The summed E-state index contributed by atoms with van der Waals surface area (Å²) in [7, 11) is 2.07. The summed E-state index contributed by atoms with van der Waals surface area (Å²) in [4.78, 5) is 13.8. The Hall–Kier alpha value is -0.770. The molecule has 1 aliphatic rings. The first-order chi connectivity index (χ1) is 6.79. The fraction of sp³-hybridized carbons (Fsp3) is 0.909. The molecular formula is C11H22N2O2. The molecule has 0 aromatic carbocycles. The summed E-state index contributed by atoms with van der Waals surface area (Å²) in [6, 6.07) is 0.599. The lowest BCUT2D eigenvalue weighted by Crippen LogP contribution is -2.44. The van der Waals surface area contributed by atoms with Crippen molar-refractivity contribution in [1.29, 1.82) is 0 Å². The van der Waals surface area contributed by atoms with Crippen molar-refractivity contribution < 1.29 is 9.53 Å². The van der Waals surface area contributed by atoms with E-state index < -0.39 is 5.60 Å². The largest absolute Gasteiger partial charge is 0.444 e. The number of likely N-dealkylation sites (N-methyl/N-ethyl adjacent to an activating group) is 1. The van der Waals surface area contributed by atoms with Crippen LogP contribution in [0.4, 0.5) is 4.79 Å². The maximum absolute atomic E-state index is 11.5. The van der Waals surface area contributed by atoms with E-state index in [1.807, 2.05) is 20.8 Å². The minimum absolute atomic E-state index is 0.213. The number of nitrogens with one attached hydrogen (secondary N) is 1. The van der Waals surface area contributed by atoms with Gasteiger partial charge in [-0.1, -0.05) is 0 Å². The van der Waals surface area contributed by atoms with Gasteiger partial charge >= 0.3 is 6.09 Å². The third-order valence-electron chi connectivity index (χ3n) is 2.77. The standard InChI is InChI=1S/C11H22N2O2/c1-8-9(6-7-13(8)5)12-10(14)15-11(2,3)4/h8-9H,6-7H2,1-5H3,(H,12,14)/t8?,9-/m1/s1. The van der Waals surface area contributed by atoms with E-state index in [0.29, 0.717) is 6.04 Å². The topological polar surface area (TPSA) is 41.6 Å². The molecule has 0 radical (unpaired) electrons. The molecule has 1 rings (SSSR count). The van der Waals surface area contributed by atoms with Crippen LogP contribution in [0.3, 0.4) is 0 Å². The molecule has 1 fully saturated rings. The van der Waals surface area contributed by atoms with Gasteiger partial charge in [0.1, 0.15) is 5.60 Å². The number of hydrogen-bond acceptors (Lipinski definition) is 3. The van der Waals surface area contributed by atoms with Crippen LogP contribution in [0.2, 0.25) is 0 Å². The molecular weight excluding hydrogens is 192 g/mol. The fourth-order valence-electron chi connectivity index (χ4n) is 1.75. The van der Waals surface area contributed by atoms with Crippen molar-refractivity contribution in [3.8, 4) is 0 Å². The lowest BCUT2D eigenvalue weighted by Gasteiger charge is -2.24. The highest BCUT2D eigenvalue weighted by Gasteiger charge is 2.30. The number of nitrogens with zero attached hydrogens (tertiary/aromatic N) is 1. The third kappa shape index (κ3) is 3.70. The smallest absolute Gasteiger partial charge is 0.407 e. The Labute approximate surface area is 92.0 Å². The SMILES string of the molecule is CC1[C@H](NC(=O)OC(C)(C)C)CCN1C. The average Bonchev–Trinajstić information content (AvgIpc) is 2.32. The molecule has 4 nitrogen and oxygen atoms in total. The van der Waals surface area contributed by atoms with Gasteiger partial charge in [-0.2, -0.15) is 0 Å². The molecule has 0 aromatic heterocycles. The van der Waals surface area contributed by atoms with Gasteiger partial charge in [0.25, 0.3) is 0 Å². The highest BCUT2D eigenvalue weighted by atomic mass is 16.6. The molecule has 1 unspecified atom stereocenters. The van der Waals surface area contributed by atoms with Crippen molar-refractivity contribution >= 4 is 6.09 Å². The van der Waals surface area contributed by atoms with Crippen LogP contribution in [0.1, 0.15) is 34.1 Å². The molecule has 0 aromatic rings. The third-order valence-corrected chi connectivity index (χ3v) is 2.77. The Morgan fingerprint density at radius 1 is 1.47 bits per heavy atom. The zero-order chi connectivity index (χ0) is 11.6. The second-order valence-corrected chi connectivity index (χ2v) is 5.26. The van der Waals surface area contributed by atoms with Crippen LogP contribution in [-0.4, -0.2) is 42.3 Å². The van der Waals surface area contributed by atoms with E-state index in [4.69, 9.17) is 4.74 Å². The van der Waals surface area contributed by atoms with Crippen molar-refractivity contribution in [2.45, 2.75) is 51.8 Å².